The van der Waals surface area contributed by atoms with Crippen LogP contribution in [-0.4, -0.2) is 18.0 Å². The van der Waals surface area contributed by atoms with E-state index in [1.807, 2.05) is 0 Å². The molecule has 130 valence electrons. The van der Waals surface area contributed by atoms with Gasteiger partial charge in [-0.05, 0) is 37.5 Å². The molecule has 2 unspecified atom stereocenters. The standard InChI is InChI=1S/C20H37BrO/c21-16-19-14-10-6-3-7-11-15-20(19)22-17-18-12-8-4-1-2-5-9-13-18/h18-20H,1-17H2. The molecule has 2 aliphatic carbocycles. The summed E-state index contributed by atoms with van der Waals surface area (Å²) in [5.41, 5.74) is 0. The smallest absolute Gasteiger partial charge is 0.0611 e. The largest absolute Gasteiger partial charge is 0.378 e. The second kappa shape index (κ2) is 11.9. The van der Waals surface area contributed by atoms with Gasteiger partial charge in [0.05, 0.1) is 6.10 Å². The number of hydrogen-bond donors (Lipinski definition) is 0. The van der Waals surface area contributed by atoms with Gasteiger partial charge in [0.15, 0.2) is 0 Å². The van der Waals surface area contributed by atoms with Crippen LogP contribution in [0.3, 0.4) is 0 Å². The molecule has 2 atom stereocenters. The van der Waals surface area contributed by atoms with E-state index in [9.17, 15) is 0 Å². The van der Waals surface area contributed by atoms with Crippen molar-refractivity contribution in [3.63, 3.8) is 0 Å². The van der Waals surface area contributed by atoms with Gasteiger partial charge in [-0.25, -0.2) is 0 Å². The monoisotopic (exact) mass is 372 g/mol. The summed E-state index contributed by atoms with van der Waals surface area (Å²) in [6, 6.07) is 0. The van der Waals surface area contributed by atoms with Crippen LogP contribution in [-0.2, 0) is 4.74 Å². The van der Waals surface area contributed by atoms with E-state index in [-0.39, 0.29) is 0 Å². The van der Waals surface area contributed by atoms with E-state index in [0.717, 1.165) is 23.8 Å². The van der Waals surface area contributed by atoms with E-state index in [1.165, 1.54) is 96.3 Å². The molecule has 0 N–H and O–H groups in total. The zero-order valence-corrected chi connectivity index (χ0v) is 16.1. The van der Waals surface area contributed by atoms with Gasteiger partial charge in [0, 0.05) is 11.9 Å². The molecule has 0 saturated heterocycles. The zero-order chi connectivity index (χ0) is 15.5. The van der Waals surface area contributed by atoms with Crippen LogP contribution in [0.15, 0.2) is 0 Å². The molecule has 0 bridgehead atoms. The number of ether oxygens (including phenoxy) is 1. The lowest BCUT2D eigenvalue weighted by molar-refractivity contribution is -0.0116. The summed E-state index contributed by atoms with van der Waals surface area (Å²) >= 11 is 3.76. The third-order valence-corrected chi connectivity index (χ3v) is 6.64. The minimum Gasteiger partial charge on any atom is -0.378 e. The molecule has 0 aromatic heterocycles. The van der Waals surface area contributed by atoms with Crippen molar-refractivity contribution >= 4 is 15.9 Å². The van der Waals surface area contributed by atoms with Crippen molar-refractivity contribution in [3.05, 3.63) is 0 Å². The van der Waals surface area contributed by atoms with Gasteiger partial charge in [-0.2, -0.15) is 0 Å². The Morgan fingerprint density at radius 2 is 1.14 bits per heavy atom. The van der Waals surface area contributed by atoms with Crippen molar-refractivity contribution in [2.45, 2.75) is 102 Å². The van der Waals surface area contributed by atoms with Crippen molar-refractivity contribution in [1.82, 2.24) is 0 Å². The predicted molar refractivity (Wildman–Crippen MR) is 99.8 cm³/mol. The molecule has 0 heterocycles. The fourth-order valence-corrected chi connectivity index (χ4v) is 4.98. The van der Waals surface area contributed by atoms with Crippen LogP contribution in [0.25, 0.3) is 0 Å². The van der Waals surface area contributed by atoms with Crippen molar-refractivity contribution in [2.75, 3.05) is 11.9 Å². The highest BCUT2D eigenvalue weighted by molar-refractivity contribution is 9.09. The van der Waals surface area contributed by atoms with Crippen LogP contribution in [0.1, 0.15) is 96.3 Å². The van der Waals surface area contributed by atoms with Gasteiger partial charge in [-0.3, -0.25) is 0 Å². The fourth-order valence-electron chi connectivity index (χ4n) is 4.24. The second-order valence-electron chi connectivity index (χ2n) is 7.70. The lowest BCUT2D eigenvalue weighted by Crippen LogP contribution is -2.28. The molecule has 2 aliphatic rings. The van der Waals surface area contributed by atoms with Gasteiger partial charge in [-0.1, -0.05) is 86.6 Å². The Morgan fingerprint density at radius 3 is 1.73 bits per heavy atom. The molecule has 0 amide bonds. The minimum absolute atomic E-state index is 0.519. The SMILES string of the molecule is BrCC1CCCCCCCC1OCC1CCCCCCCC1. The minimum atomic E-state index is 0.519. The van der Waals surface area contributed by atoms with Crippen molar-refractivity contribution in [3.8, 4) is 0 Å². The van der Waals surface area contributed by atoms with E-state index in [4.69, 9.17) is 4.74 Å². The van der Waals surface area contributed by atoms with Crippen molar-refractivity contribution in [1.29, 1.82) is 0 Å². The molecular formula is C20H37BrO. The van der Waals surface area contributed by atoms with E-state index >= 15 is 0 Å². The van der Waals surface area contributed by atoms with Gasteiger partial charge >= 0.3 is 0 Å². The molecule has 0 aromatic rings. The van der Waals surface area contributed by atoms with Gasteiger partial charge in [0.25, 0.3) is 0 Å². The Bertz CT molecular complexity index is 258. The summed E-state index contributed by atoms with van der Waals surface area (Å²) in [4.78, 5) is 0. The Kier molecular flexibility index (Phi) is 10.2. The maximum Gasteiger partial charge on any atom is 0.0611 e. The molecule has 0 aromatic carbocycles. The molecule has 2 rings (SSSR count). The summed E-state index contributed by atoms with van der Waals surface area (Å²) in [7, 11) is 0. The average Bonchev–Trinajstić information content (AvgIpc) is 2.74. The molecule has 0 aliphatic heterocycles. The molecule has 2 fully saturated rings. The predicted octanol–water partition coefficient (Wildman–Crippen LogP) is 6.88. The lowest BCUT2D eigenvalue weighted by atomic mass is 9.94. The highest BCUT2D eigenvalue weighted by atomic mass is 79.9. The van der Waals surface area contributed by atoms with Gasteiger partial charge < -0.3 is 4.74 Å². The Balaban J connectivity index is 1.79. The fraction of sp³-hybridized carbons (Fsp3) is 1.00. The normalized spacial score (nSPS) is 30.4. The first-order valence-electron chi connectivity index (χ1n) is 10.1. The van der Waals surface area contributed by atoms with Crippen LogP contribution < -0.4 is 0 Å². The van der Waals surface area contributed by atoms with Crippen LogP contribution in [0.2, 0.25) is 0 Å². The maximum atomic E-state index is 6.52. The number of hydrogen-bond acceptors (Lipinski definition) is 1. The highest BCUT2D eigenvalue weighted by Gasteiger charge is 2.23. The zero-order valence-electron chi connectivity index (χ0n) is 14.5. The Labute approximate surface area is 147 Å². The topological polar surface area (TPSA) is 9.23 Å². The van der Waals surface area contributed by atoms with E-state index in [2.05, 4.69) is 15.9 Å². The summed E-state index contributed by atoms with van der Waals surface area (Å²) in [5, 5.41) is 1.13. The van der Waals surface area contributed by atoms with Crippen LogP contribution in [0.4, 0.5) is 0 Å². The summed E-state index contributed by atoms with van der Waals surface area (Å²) in [6.45, 7) is 1.04. The van der Waals surface area contributed by atoms with Crippen LogP contribution >= 0.6 is 15.9 Å². The van der Waals surface area contributed by atoms with E-state index < -0.39 is 0 Å². The Hall–Kier alpha value is 0.440. The van der Waals surface area contributed by atoms with Crippen LogP contribution in [0.5, 0.6) is 0 Å². The first kappa shape index (κ1) is 18.8. The molecule has 2 saturated carbocycles. The van der Waals surface area contributed by atoms with Crippen molar-refractivity contribution in [2.24, 2.45) is 11.8 Å². The molecule has 0 spiro atoms. The first-order chi connectivity index (χ1) is 10.9. The average molecular weight is 373 g/mol. The van der Waals surface area contributed by atoms with E-state index in [0.29, 0.717) is 6.10 Å². The molecular weight excluding hydrogens is 336 g/mol. The summed E-state index contributed by atoms with van der Waals surface area (Å²) in [5.74, 6) is 1.58. The van der Waals surface area contributed by atoms with E-state index in [1.54, 1.807) is 0 Å². The molecule has 0 radical (unpaired) electrons. The van der Waals surface area contributed by atoms with Crippen LogP contribution in [0, 0.1) is 11.8 Å². The van der Waals surface area contributed by atoms with Crippen molar-refractivity contribution < 1.29 is 4.74 Å². The third-order valence-electron chi connectivity index (χ3n) is 5.81. The first-order valence-corrected chi connectivity index (χ1v) is 11.2. The summed E-state index contributed by atoms with van der Waals surface area (Å²) < 4.78 is 6.52. The van der Waals surface area contributed by atoms with Gasteiger partial charge in [0.2, 0.25) is 0 Å². The lowest BCUT2D eigenvalue weighted by Gasteiger charge is -2.28. The third kappa shape index (κ3) is 7.34. The number of halogens is 1. The Morgan fingerprint density at radius 1 is 0.636 bits per heavy atom. The highest BCUT2D eigenvalue weighted by Crippen LogP contribution is 2.28. The number of alkyl halides is 1. The molecule has 1 nitrogen and oxygen atoms in total. The van der Waals surface area contributed by atoms with Gasteiger partial charge in [-0.15, -0.1) is 0 Å². The summed E-state index contributed by atoms with van der Waals surface area (Å²) in [6.07, 6.45) is 21.7. The molecule has 2 heteroatoms. The van der Waals surface area contributed by atoms with Gasteiger partial charge in [0.1, 0.15) is 0 Å². The second-order valence-corrected chi connectivity index (χ2v) is 8.34. The maximum absolute atomic E-state index is 6.52. The molecule has 22 heavy (non-hydrogen) atoms. The number of rotatable bonds is 4. The quantitative estimate of drug-likeness (QED) is 0.488.